The first-order valence-electron chi connectivity index (χ1n) is 7.68. The molecule has 1 aliphatic heterocycles. The van der Waals surface area contributed by atoms with Crippen molar-refractivity contribution in [1.82, 2.24) is 4.98 Å². The van der Waals surface area contributed by atoms with Crippen LogP contribution in [0.2, 0.25) is 0 Å². The molecular formula is C16H26N2O2. The van der Waals surface area contributed by atoms with Crippen LogP contribution in [0.25, 0.3) is 0 Å². The Labute approximate surface area is 121 Å². The number of aromatic nitrogens is 1. The van der Waals surface area contributed by atoms with Gasteiger partial charge in [0.25, 0.3) is 0 Å². The molecule has 2 rings (SSSR count). The van der Waals surface area contributed by atoms with Crippen LogP contribution < -0.4 is 5.32 Å². The summed E-state index contributed by atoms with van der Waals surface area (Å²) in [4.78, 5) is 15.8. The van der Waals surface area contributed by atoms with Crippen LogP contribution in [0.5, 0.6) is 0 Å². The van der Waals surface area contributed by atoms with Gasteiger partial charge < -0.3 is 10.1 Å². The average molecular weight is 278 g/mol. The highest BCUT2D eigenvalue weighted by Crippen LogP contribution is 2.20. The van der Waals surface area contributed by atoms with Crippen molar-refractivity contribution in [2.45, 2.75) is 52.9 Å². The number of fused-ring (bicyclic) bond motifs is 1. The third-order valence-corrected chi connectivity index (χ3v) is 3.07. The Morgan fingerprint density at radius 2 is 2.20 bits per heavy atom. The van der Waals surface area contributed by atoms with Crippen LogP contribution in [0.15, 0.2) is 12.1 Å². The fraction of sp³-hybridized carbons (Fsp3) is 0.625. The Kier molecular flexibility index (Phi) is 7.70. The number of aryl methyl sites for hydroxylation is 2. The number of nitrogens with one attached hydrogen (secondary N) is 1. The van der Waals surface area contributed by atoms with Crippen molar-refractivity contribution in [2.24, 2.45) is 0 Å². The van der Waals surface area contributed by atoms with Crippen molar-refractivity contribution in [3.63, 3.8) is 0 Å². The molecule has 0 aromatic carbocycles. The number of rotatable bonds is 5. The van der Waals surface area contributed by atoms with E-state index < -0.39 is 0 Å². The number of hydrogen-bond acceptors (Lipinski definition) is 4. The predicted molar refractivity (Wildman–Crippen MR) is 82.0 cm³/mol. The second kappa shape index (κ2) is 9.34. The summed E-state index contributed by atoms with van der Waals surface area (Å²) in [5, 5.41) is 3.32. The summed E-state index contributed by atoms with van der Waals surface area (Å²) in [5.74, 6) is 0.906. The Bertz CT molecular complexity index is 419. The highest BCUT2D eigenvalue weighted by Gasteiger charge is 2.10. The zero-order valence-corrected chi connectivity index (χ0v) is 12.9. The molecule has 1 aromatic heterocycles. The van der Waals surface area contributed by atoms with Gasteiger partial charge in [-0.1, -0.05) is 19.9 Å². The molecular weight excluding hydrogens is 252 g/mol. The lowest BCUT2D eigenvalue weighted by Gasteiger charge is -2.17. The number of ether oxygens (including phenoxy) is 1. The topological polar surface area (TPSA) is 51.2 Å². The molecule has 4 nitrogen and oxygen atoms in total. The summed E-state index contributed by atoms with van der Waals surface area (Å²) in [5.41, 5.74) is 2.35. The highest BCUT2D eigenvalue weighted by molar-refractivity contribution is 5.69. The molecule has 20 heavy (non-hydrogen) atoms. The van der Waals surface area contributed by atoms with Gasteiger partial charge in [0.15, 0.2) is 0 Å². The summed E-state index contributed by atoms with van der Waals surface area (Å²) in [7, 11) is 0. The Balaban J connectivity index is 0.000000956. The van der Waals surface area contributed by atoms with E-state index in [1.54, 1.807) is 0 Å². The van der Waals surface area contributed by atoms with E-state index in [9.17, 15) is 4.79 Å². The van der Waals surface area contributed by atoms with E-state index in [-0.39, 0.29) is 5.97 Å². The van der Waals surface area contributed by atoms with Gasteiger partial charge in [-0.3, -0.25) is 4.79 Å². The zero-order chi connectivity index (χ0) is 14.8. The van der Waals surface area contributed by atoms with E-state index in [1.807, 2.05) is 20.8 Å². The first-order chi connectivity index (χ1) is 9.79. The molecule has 1 aliphatic rings. The van der Waals surface area contributed by atoms with E-state index in [4.69, 9.17) is 4.74 Å². The van der Waals surface area contributed by atoms with Gasteiger partial charge in [0.1, 0.15) is 5.82 Å². The van der Waals surface area contributed by atoms with Crippen LogP contribution in [-0.2, 0) is 22.4 Å². The molecule has 0 saturated heterocycles. The van der Waals surface area contributed by atoms with Crippen molar-refractivity contribution >= 4 is 11.8 Å². The number of carbonyl (C=O) groups excluding carboxylic acids is 1. The molecule has 1 aromatic rings. The highest BCUT2D eigenvalue weighted by atomic mass is 16.5. The van der Waals surface area contributed by atoms with Crippen LogP contribution in [-0.4, -0.2) is 24.1 Å². The minimum atomic E-state index is -0.117. The number of carbonyl (C=O) groups is 1. The monoisotopic (exact) mass is 278 g/mol. The fourth-order valence-electron chi connectivity index (χ4n) is 2.16. The molecule has 0 fully saturated rings. The van der Waals surface area contributed by atoms with Gasteiger partial charge in [0, 0.05) is 18.7 Å². The van der Waals surface area contributed by atoms with Crippen LogP contribution in [0.4, 0.5) is 5.82 Å². The van der Waals surface area contributed by atoms with Crippen LogP contribution in [0, 0.1) is 0 Å². The second-order valence-electron chi connectivity index (χ2n) is 4.50. The van der Waals surface area contributed by atoms with Gasteiger partial charge in [-0.2, -0.15) is 0 Å². The first-order valence-corrected chi connectivity index (χ1v) is 7.68. The summed E-state index contributed by atoms with van der Waals surface area (Å²) in [6.07, 6.45) is 4.38. The average Bonchev–Trinajstić information content (AvgIpc) is 2.49. The first kappa shape index (κ1) is 16.5. The third-order valence-electron chi connectivity index (χ3n) is 3.07. The van der Waals surface area contributed by atoms with E-state index in [0.717, 1.165) is 37.3 Å². The maximum Gasteiger partial charge on any atom is 0.305 e. The Hall–Kier alpha value is -1.58. The minimum Gasteiger partial charge on any atom is -0.466 e. The zero-order valence-electron chi connectivity index (χ0n) is 12.9. The molecule has 0 bridgehead atoms. The SMILES string of the molecule is CC.CCOC(=O)CCCc1ccc2c(n1)NCCC2. The molecule has 0 radical (unpaired) electrons. The molecule has 4 heteroatoms. The molecule has 0 spiro atoms. The number of anilines is 1. The molecule has 2 heterocycles. The van der Waals surface area contributed by atoms with Crippen molar-refractivity contribution < 1.29 is 9.53 Å². The van der Waals surface area contributed by atoms with E-state index in [0.29, 0.717) is 13.0 Å². The maximum absolute atomic E-state index is 11.2. The van der Waals surface area contributed by atoms with Crippen LogP contribution in [0.1, 0.15) is 51.3 Å². The quantitative estimate of drug-likeness (QED) is 0.839. The lowest BCUT2D eigenvalue weighted by molar-refractivity contribution is -0.143. The number of pyridine rings is 1. The molecule has 1 N–H and O–H groups in total. The Morgan fingerprint density at radius 1 is 1.40 bits per heavy atom. The summed E-state index contributed by atoms with van der Waals surface area (Å²) in [6.45, 7) is 7.29. The molecule has 0 atom stereocenters. The number of esters is 1. The summed E-state index contributed by atoms with van der Waals surface area (Å²) >= 11 is 0. The van der Waals surface area contributed by atoms with Gasteiger partial charge in [0.05, 0.1) is 6.61 Å². The van der Waals surface area contributed by atoms with Crippen molar-refractivity contribution in [3.05, 3.63) is 23.4 Å². The fourth-order valence-corrected chi connectivity index (χ4v) is 2.16. The van der Waals surface area contributed by atoms with Crippen molar-refractivity contribution in [1.29, 1.82) is 0 Å². The third kappa shape index (κ3) is 5.19. The van der Waals surface area contributed by atoms with Gasteiger partial charge in [-0.05, 0) is 44.2 Å². The number of nitrogens with zero attached hydrogens (tertiary/aromatic N) is 1. The molecule has 0 amide bonds. The van der Waals surface area contributed by atoms with Gasteiger partial charge >= 0.3 is 5.97 Å². The van der Waals surface area contributed by atoms with Crippen LogP contribution in [0.3, 0.4) is 0 Å². The van der Waals surface area contributed by atoms with E-state index >= 15 is 0 Å². The second-order valence-corrected chi connectivity index (χ2v) is 4.50. The van der Waals surface area contributed by atoms with Crippen molar-refractivity contribution in [2.75, 3.05) is 18.5 Å². The maximum atomic E-state index is 11.2. The number of hydrogen-bond donors (Lipinski definition) is 1. The van der Waals surface area contributed by atoms with E-state index in [2.05, 4.69) is 22.4 Å². The van der Waals surface area contributed by atoms with Gasteiger partial charge in [-0.15, -0.1) is 0 Å². The predicted octanol–water partition coefficient (Wildman–Crippen LogP) is 3.35. The largest absolute Gasteiger partial charge is 0.466 e. The van der Waals surface area contributed by atoms with Gasteiger partial charge in [0.2, 0.25) is 0 Å². The standard InChI is InChI=1S/C14H20N2O2.C2H6/c1-2-18-13(17)7-3-6-12-9-8-11-5-4-10-15-14(11)16-12;1-2/h8-9H,2-7,10H2,1H3,(H,15,16);1-2H3. The summed E-state index contributed by atoms with van der Waals surface area (Å²) in [6, 6.07) is 4.21. The minimum absolute atomic E-state index is 0.117. The van der Waals surface area contributed by atoms with Crippen LogP contribution >= 0.6 is 0 Å². The lowest BCUT2D eigenvalue weighted by atomic mass is 10.1. The summed E-state index contributed by atoms with van der Waals surface area (Å²) < 4.78 is 4.90. The van der Waals surface area contributed by atoms with Crippen molar-refractivity contribution in [3.8, 4) is 0 Å². The molecule has 0 aliphatic carbocycles. The van der Waals surface area contributed by atoms with Gasteiger partial charge in [-0.25, -0.2) is 4.98 Å². The smallest absolute Gasteiger partial charge is 0.305 e. The molecule has 0 unspecified atom stereocenters. The Morgan fingerprint density at radius 3 is 2.95 bits per heavy atom. The molecule has 112 valence electrons. The lowest BCUT2D eigenvalue weighted by Crippen LogP contribution is -2.14. The normalized spacial score (nSPS) is 12.6. The molecule has 0 saturated carbocycles. The van der Waals surface area contributed by atoms with E-state index in [1.165, 1.54) is 12.0 Å².